The maximum absolute atomic E-state index is 12.5. The van der Waals surface area contributed by atoms with Gasteiger partial charge in [0.05, 0.1) is 0 Å². The van der Waals surface area contributed by atoms with Gasteiger partial charge in [0.25, 0.3) is 0 Å². The van der Waals surface area contributed by atoms with Gasteiger partial charge in [0.1, 0.15) is 11.6 Å². The fourth-order valence-corrected chi connectivity index (χ4v) is 2.40. The average Bonchev–Trinajstić information content (AvgIpc) is 2.86. The third-order valence-electron chi connectivity index (χ3n) is 3.27. The van der Waals surface area contributed by atoms with Crippen LogP contribution in [0.1, 0.15) is 32.4 Å². The van der Waals surface area contributed by atoms with Crippen molar-refractivity contribution < 1.29 is 28.9 Å². The molecule has 0 aliphatic carbocycles. The van der Waals surface area contributed by atoms with Crippen LogP contribution in [0, 0.1) is 0 Å². The second-order valence-electron chi connectivity index (χ2n) is 6.18. The number of carbonyl (C=O) groups is 2. The number of amides is 1. The Balaban J connectivity index is 2.41. The van der Waals surface area contributed by atoms with Gasteiger partial charge in [0.15, 0.2) is 6.10 Å². The average molecular weight is 323 g/mol. The van der Waals surface area contributed by atoms with Gasteiger partial charge in [0, 0.05) is 7.11 Å². The number of nitrogens with zero attached hydrogens (tertiary/aromatic N) is 1. The molecule has 0 radical (unpaired) electrons. The van der Waals surface area contributed by atoms with Crippen LogP contribution >= 0.6 is 0 Å². The molecule has 23 heavy (non-hydrogen) atoms. The summed E-state index contributed by atoms with van der Waals surface area (Å²) in [5.74, 6) is -1.17. The lowest BCUT2D eigenvalue weighted by Gasteiger charge is -2.30. The van der Waals surface area contributed by atoms with Crippen LogP contribution in [0.4, 0.5) is 4.79 Å². The highest BCUT2D eigenvalue weighted by Gasteiger charge is 2.50. The molecule has 0 spiro atoms. The predicted molar refractivity (Wildman–Crippen MR) is 80.6 cm³/mol. The van der Waals surface area contributed by atoms with E-state index in [-0.39, 0.29) is 0 Å². The molecule has 1 N–H and O–H groups in total. The highest BCUT2D eigenvalue weighted by Crippen LogP contribution is 2.37. The molecule has 1 saturated heterocycles. The van der Waals surface area contributed by atoms with Crippen molar-refractivity contribution in [2.75, 3.05) is 7.11 Å². The van der Waals surface area contributed by atoms with Gasteiger partial charge in [-0.1, -0.05) is 30.3 Å². The summed E-state index contributed by atoms with van der Waals surface area (Å²) in [6.07, 6.45) is -3.06. The van der Waals surface area contributed by atoms with Gasteiger partial charge in [-0.25, -0.2) is 14.5 Å². The molecular weight excluding hydrogens is 302 g/mol. The molecule has 3 atom stereocenters. The lowest BCUT2D eigenvalue weighted by Crippen LogP contribution is -2.43. The third-order valence-corrected chi connectivity index (χ3v) is 3.27. The van der Waals surface area contributed by atoms with Crippen molar-refractivity contribution in [2.45, 2.75) is 44.9 Å². The van der Waals surface area contributed by atoms with Crippen LogP contribution in [0.25, 0.3) is 0 Å². The number of carboxylic acid groups (broad SMARTS) is 1. The molecule has 0 aromatic heterocycles. The number of methoxy groups -OCH3 is 1. The maximum atomic E-state index is 12.5. The third kappa shape index (κ3) is 3.80. The topological polar surface area (TPSA) is 85.3 Å². The lowest BCUT2D eigenvalue weighted by atomic mass is 10.0. The Labute approximate surface area is 134 Å². The smallest absolute Gasteiger partial charge is 0.414 e. The van der Waals surface area contributed by atoms with Gasteiger partial charge in [-0.2, -0.15) is 0 Å². The van der Waals surface area contributed by atoms with Crippen LogP contribution in [0.3, 0.4) is 0 Å². The Hall–Kier alpha value is -2.12. The summed E-state index contributed by atoms with van der Waals surface area (Å²) in [5, 5.41) is 9.43. The second kappa shape index (κ2) is 6.55. The van der Waals surface area contributed by atoms with Crippen LogP contribution in [-0.4, -0.2) is 47.3 Å². The maximum Gasteiger partial charge on any atom is 0.414 e. The molecule has 1 heterocycles. The quantitative estimate of drug-likeness (QED) is 0.919. The van der Waals surface area contributed by atoms with Crippen molar-refractivity contribution in [2.24, 2.45) is 0 Å². The van der Waals surface area contributed by atoms with E-state index in [4.69, 9.17) is 14.2 Å². The first kappa shape index (κ1) is 17.2. The summed E-state index contributed by atoms with van der Waals surface area (Å²) in [7, 11) is 1.34. The van der Waals surface area contributed by atoms with E-state index in [0.29, 0.717) is 5.56 Å². The number of benzene rings is 1. The first-order valence-corrected chi connectivity index (χ1v) is 7.22. The van der Waals surface area contributed by atoms with Crippen LogP contribution in [0.15, 0.2) is 30.3 Å². The van der Waals surface area contributed by atoms with Crippen LogP contribution in [0.5, 0.6) is 0 Å². The zero-order valence-electron chi connectivity index (χ0n) is 13.6. The zero-order chi connectivity index (χ0) is 17.2. The molecule has 2 rings (SSSR count). The molecule has 7 nitrogen and oxygen atoms in total. The molecule has 1 fully saturated rings. The summed E-state index contributed by atoms with van der Waals surface area (Å²) < 4.78 is 15.9. The molecular formula is C16H21NO6. The minimum Gasteiger partial charge on any atom is -0.479 e. The van der Waals surface area contributed by atoms with E-state index >= 15 is 0 Å². The Morgan fingerprint density at radius 1 is 1.22 bits per heavy atom. The summed E-state index contributed by atoms with van der Waals surface area (Å²) >= 11 is 0. The lowest BCUT2D eigenvalue weighted by molar-refractivity contribution is -0.180. The molecule has 1 unspecified atom stereocenters. The summed E-state index contributed by atoms with van der Waals surface area (Å²) in [6.45, 7) is 5.20. The first-order valence-electron chi connectivity index (χ1n) is 7.22. The number of hydrogen-bond donors (Lipinski definition) is 1. The van der Waals surface area contributed by atoms with Gasteiger partial charge >= 0.3 is 12.1 Å². The highest BCUT2D eigenvalue weighted by atomic mass is 16.7. The van der Waals surface area contributed by atoms with Gasteiger partial charge < -0.3 is 19.3 Å². The van der Waals surface area contributed by atoms with Crippen LogP contribution < -0.4 is 0 Å². The van der Waals surface area contributed by atoms with Crippen LogP contribution in [-0.2, 0) is 19.0 Å². The Bertz CT molecular complexity index is 568. The Morgan fingerprint density at radius 2 is 1.83 bits per heavy atom. The minimum absolute atomic E-state index is 0.630. The number of ether oxygens (including phenoxy) is 3. The van der Waals surface area contributed by atoms with Crippen LogP contribution in [0.2, 0.25) is 0 Å². The largest absolute Gasteiger partial charge is 0.479 e. The fourth-order valence-electron chi connectivity index (χ4n) is 2.40. The molecule has 1 amide bonds. The number of carbonyl (C=O) groups excluding carboxylic acids is 1. The van der Waals surface area contributed by atoms with Crippen molar-refractivity contribution >= 4 is 12.1 Å². The van der Waals surface area contributed by atoms with Crippen molar-refractivity contribution in [3.63, 3.8) is 0 Å². The van der Waals surface area contributed by atoms with E-state index in [2.05, 4.69) is 0 Å². The normalized spacial score (nSPS) is 24.5. The second-order valence-corrected chi connectivity index (χ2v) is 6.18. The SMILES string of the molecule is COC1O[C@@H](C(=O)O)[C@H](c2ccccc2)N1C(=O)OC(C)(C)C. The fraction of sp³-hybridized carbons (Fsp3) is 0.500. The van der Waals surface area contributed by atoms with Crippen molar-refractivity contribution in [3.05, 3.63) is 35.9 Å². The zero-order valence-corrected chi connectivity index (χ0v) is 13.6. The molecule has 0 saturated carbocycles. The van der Waals surface area contributed by atoms with Gasteiger partial charge in [0.2, 0.25) is 6.41 Å². The summed E-state index contributed by atoms with van der Waals surface area (Å²) in [5.41, 5.74) is -0.0944. The molecule has 126 valence electrons. The van der Waals surface area contributed by atoms with E-state index in [1.807, 2.05) is 0 Å². The van der Waals surface area contributed by atoms with Crippen molar-refractivity contribution in [1.82, 2.24) is 4.90 Å². The summed E-state index contributed by atoms with van der Waals surface area (Å²) in [4.78, 5) is 25.3. The number of carboxylic acids is 1. The molecule has 1 aromatic rings. The van der Waals surface area contributed by atoms with E-state index in [9.17, 15) is 14.7 Å². The predicted octanol–water partition coefficient (Wildman–Crippen LogP) is 2.38. The van der Waals surface area contributed by atoms with Gasteiger partial charge in [-0.05, 0) is 26.3 Å². The van der Waals surface area contributed by atoms with Crippen molar-refractivity contribution in [3.8, 4) is 0 Å². The van der Waals surface area contributed by atoms with Crippen molar-refractivity contribution in [1.29, 1.82) is 0 Å². The van der Waals surface area contributed by atoms with E-state index in [1.165, 1.54) is 12.0 Å². The van der Waals surface area contributed by atoms with Gasteiger partial charge in [-0.3, -0.25) is 0 Å². The van der Waals surface area contributed by atoms with E-state index in [0.717, 1.165) is 0 Å². The molecule has 1 aromatic carbocycles. The highest BCUT2D eigenvalue weighted by molar-refractivity contribution is 5.77. The monoisotopic (exact) mass is 323 g/mol. The molecule has 0 bridgehead atoms. The van der Waals surface area contributed by atoms with E-state index < -0.39 is 36.2 Å². The molecule has 7 heteroatoms. The van der Waals surface area contributed by atoms with Gasteiger partial charge in [-0.15, -0.1) is 0 Å². The number of rotatable bonds is 3. The Morgan fingerprint density at radius 3 is 2.30 bits per heavy atom. The summed E-state index contributed by atoms with van der Waals surface area (Å²) in [6, 6.07) is 7.97. The first-order chi connectivity index (χ1) is 10.7. The standard InChI is InChI=1S/C16H21NO6/c1-16(2,3)23-14(20)17-11(10-8-6-5-7-9-10)12(13(18)19)22-15(17)21-4/h5-9,11-12,15H,1-4H3,(H,18,19)/t11-,12+,15?/m0/s1. The Kier molecular flexibility index (Phi) is 4.91. The number of aliphatic carboxylic acids is 1. The number of hydrogen-bond acceptors (Lipinski definition) is 5. The van der Waals surface area contributed by atoms with E-state index in [1.54, 1.807) is 51.1 Å². The molecule has 1 aliphatic heterocycles. The minimum atomic E-state index is -1.24. The molecule has 1 aliphatic rings.